The van der Waals surface area contributed by atoms with E-state index in [-0.39, 0.29) is 23.7 Å². The number of benzene rings is 1. The number of amides is 1. The molecule has 0 saturated heterocycles. The van der Waals surface area contributed by atoms with Crippen molar-refractivity contribution in [2.45, 2.75) is 27.2 Å². The van der Waals surface area contributed by atoms with Crippen molar-refractivity contribution in [1.29, 1.82) is 0 Å². The lowest BCUT2D eigenvalue weighted by Gasteiger charge is -2.20. The number of ether oxygens (including phenoxy) is 2. The summed E-state index contributed by atoms with van der Waals surface area (Å²) >= 11 is 0. The fourth-order valence-electron chi connectivity index (χ4n) is 2.17. The second kappa shape index (κ2) is 7.59. The van der Waals surface area contributed by atoms with E-state index in [1.807, 2.05) is 6.92 Å². The maximum Gasteiger partial charge on any atom is 0.348 e. The highest BCUT2D eigenvalue weighted by molar-refractivity contribution is 6.24. The number of anilines is 1. The molecule has 126 valence electrons. The molecule has 1 aliphatic rings. The van der Waals surface area contributed by atoms with Crippen molar-refractivity contribution in [2.75, 3.05) is 11.5 Å². The molecule has 0 N–H and O–H groups in total. The van der Waals surface area contributed by atoms with Crippen molar-refractivity contribution in [1.82, 2.24) is 0 Å². The molecule has 24 heavy (non-hydrogen) atoms. The monoisotopic (exact) mass is 329 g/mol. The first kappa shape index (κ1) is 17.5. The van der Waals surface area contributed by atoms with Crippen LogP contribution in [0.4, 0.5) is 5.69 Å². The summed E-state index contributed by atoms with van der Waals surface area (Å²) in [5.74, 6) is -0.594. The summed E-state index contributed by atoms with van der Waals surface area (Å²) in [4.78, 5) is 37.5. The van der Waals surface area contributed by atoms with Crippen LogP contribution < -0.4 is 9.64 Å². The zero-order chi connectivity index (χ0) is 17.7. The molecule has 1 aromatic rings. The Morgan fingerprint density at radius 2 is 1.88 bits per heavy atom. The minimum absolute atomic E-state index is 0.184. The largest absolute Gasteiger partial charge is 0.494 e. The fraction of sp³-hybridized carbons (Fsp3) is 0.278. The van der Waals surface area contributed by atoms with Gasteiger partial charge in [0.1, 0.15) is 17.1 Å². The standard InChI is InChI=1S/C18H19NO5/c1-4-17(21)19(13-6-8-14(9-7-13)23-5-2)11-15-16(20)10-12(3)24-18(15)22/h6-11H,4-5H2,1-3H3. The van der Waals surface area contributed by atoms with E-state index in [4.69, 9.17) is 9.47 Å². The van der Waals surface area contributed by atoms with Gasteiger partial charge in [-0.05, 0) is 38.1 Å². The molecular weight excluding hydrogens is 310 g/mol. The van der Waals surface area contributed by atoms with Crippen LogP contribution in [0.25, 0.3) is 0 Å². The van der Waals surface area contributed by atoms with Gasteiger partial charge in [-0.15, -0.1) is 0 Å². The zero-order valence-corrected chi connectivity index (χ0v) is 13.9. The van der Waals surface area contributed by atoms with E-state index in [1.165, 1.54) is 24.1 Å². The number of hydrogen-bond donors (Lipinski definition) is 0. The van der Waals surface area contributed by atoms with Crippen LogP contribution in [0.15, 0.2) is 47.9 Å². The lowest BCUT2D eigenvalue weighted by molar-refractivity contribution is -0.137. The molecule has 0 fully saturated rings. The maximum absolute atomic E-state index is 12.2. The SMILES string of the molecule is CCOc1ccc(N(C=C2C(=O)C=C(C)OC2=O)C(=O)CC)cc1. The quantitative estimate of drug-likeness (QED) is 0.472. The van der Waals surface area contributed by atoms with Gasteiger partial charge in [-0.3, -0.25) is 14.5 Å². The van der Waals surface area contributed by atoms with Crippen LogP contribution in [0.2, 0.25) is 0 Å². The summed E-state index contributed by atoms with van der Waals surface area (Å²) < 4.78 is 10.3. The molecule has 0 bridgehead atoms. The molecule has 0 saturated carbocycles. The second-order valence-corrected chi connectivity index (χ2v) is 5.10. The average molecular weight is 329 g/mol. The topological polar surface area (TPSA) is 72.9 Å². The van der Waals surface area contributed by atoms with E-state index >= 15 is 0 Å². The van der Waals surface area contributed by atoms with Gasteiger partial charge in [0.2, 0.25) is 5.91 Å². The highest BCUT2D eigenvalue weighted by Gasteiger charge is 2.26. The van der Waals surface area contributed by atoms with Crippen LogP contribution in [-0.4, -0.2) is 24.3 Å². The summed E-state index contributed by atoms with van der Waals surface area (Å²) in [6.07, 6.45) is 2.67. The summed E-state index contributed by atoms with van der Waals surface area (Å²) in [6, 6.07) is 6.82. The van der Waals surface area contributed by atoms with Gasteiger partial charge in [0.25, 0.3) is 0 Å². The van der Waals surface area contributed by atoms with E-state index in [1.54, 1.807) is 31.2 Å². The summed E-state index contributed by atoms with van der Waals surface area (Å²) in [7, 11) is 0. The fourth-order valence-corrected chi connectivity index (χ4v) is 2.17. The number of ketones is 1. The highest BCUT2D eigenvalue weighted by Crippen LogP contribution is 2.23. The highest BCUT2D eigenvalue weighted by atomic mass is 16.5. The van der Waals surface area contributed by atoms with Gasteiger partial charge in [0.05, 0.1) is 6.61 Å². The third-order valence-electron chi connectivity index (χ3n) is 3.33. The third-order valence-corrected chi connectivity index (χ3v) is 3.33. The number of esters is 1. The molecule has 6 heteroatoms. The second-order valence-electron chi connectivity index (χ2n) is 5.10. The smallest absolute Gasteiger partial charge is 0.348 e. The van der Waals surface area contributed by atoms with E-state index in [0.717, 1.165) is 0 Å². The number of carbonyl (C=O) groups is 3. The molecule has 1 amide bonds. The number of cyclic esters (lactones) is 1. The number of nitrogens with zero attached hydrogens (tertiary/aromatic N) is 1. The summed E-state index contributed by atoms with van der Waals surface area (Å²) in [5.41, 5.74) is 0.348. The van der Waals surface area contributed by atoms with Crippen molar-refractivity contribution >= 4 is 23.3 Å². The number of carbonyl (C=O) groups excluding carboxylic acids is 3. The van der Waals surface area contributed by atoms with E-state index in [9.17, 15) is 14.4 Å². The summed E-state index contributed by atoms with van der Waals surface area (Å²) in [5, 5.41) is 0. The minimum Gasteiger partial charge on any atom is -0.494 e. The van der Waals surface area contributed by atoms with Gasteiger partial charge in [-0.1, -0.05) is 6.92 Å². The summed E-state index contributed by atoms with van der Waals surface area (Å²) in [6.45, 7) is 5.63. The van der Waals surface area contributed by atoms with Crippen LogP contribution >= 0.6 is 0 Å². The Morgan fingerprint density at radius 3 is 2.42 bits per heavy atom. The molecule has 0 atom stereocenters. The first-order chi connectivity index (χ1) is 11.5. The molecule has 0 radical (unpaired) electrons. The van der Waals surface area contributed by atoms with Crippen molar-refractivity contribution in [2.24, 2.45) is 0 Å². The van der Waals surface area contributed by atoms with E-state index in [0.29, 0.717) is 18.0 Å². The minimum atomic E-state index is -0.764. The van der Waals surface area contributed by atoms with Gasteiger partial charge in [0.15, 0.2) is 5.78 Å². The van der Waals surface area contributed by atoms with E-state index < -0.39 is 11.8 Å². The lowest BCUT2D eigenvalue weighted by atomic mass is 10.1. The first-order valence-electron chi connectivity index (χ1n) is 7.67. The van der Waals surface area contributed by atoms with E-state index in [2.05, 4.69) is 0 Å². The van der Waals surface area contributed by atoms with Crippen molar-refractivity contribution in [3.05, 3.63) is 47.9 Å². The maximum atomic E-state index is 12.2. The Morgan fingerprint density at radius 1 is 1.21 bits per heavy atom. The Bertz CT molecular complexity index is 715. The van der Waals surface area contributed by atoms with Crippen LogP contribution in [0.3, 0.4) is 0 Å². The van der Waals surface area contributed by atoms with Crippen molar-refractivity contribution < 1.29 is 23.9 Å². The predicted octanol–water partition coefficient (Wildman–Crippen LogP) is 2.74. The Hall–Kier alpha value is -2.89. The number of hydrogen-bond acceptors (Lipinski definition) is 5. The molecular formula is C18H19NO5. The Kier molecular flexibility index (Phi) is 5.52. The normalized spacial score (nSPS) is 15.8. The van der Waals surface area contributed by atoms with Crippen LogP contribution in [-0.2, 0) is 19.1 Å². The van der Waals surface area contributed by atoms with Gasteiger partial charge in [-0.2, -0.15) is 0 Å². The molecule has 0 aromatic heterocycles. The Labute approximate surface area is 140 Å². The molecule has 1 aliphatic heterocycles. The van der Waals surface area contributed by atoms with Gasteiger partial charge in [-0.25, -0.2) is 4.79 Å². The average Bonchev–Trinajstić information content (AvgIpc) is 2.55. The third kappa shape index (κ3) is 3.90. The number of allylic oxidation sites excluding steroid dienone is 2. The zero-order valence-electron chi connectivity index (χ0n) is 13.9. The van der Waals surface area contributed by atoms with Gasteiger partial charge >= 0.3 is 5.97 Å². The first-order valence-corrected chi connectivity index (χ1v) is 7.67. The lowest BCUT2D eigenvalue weighted by Crippen LogP contribution is -2.28. The Balaban J connectivity index is 2.39. The molecule has 2 rings (SSSR count). The molecule has 0 spiro atoms. The van der Waals surface area contributed by atoms with Crippen LogP contribution in [0.5, 0.6) is 5.75 Å². The molecule has 0 aliphatic carbocycles. The molecule has 0 unspecified atom stereocenters. The predicted molar refractivity (Wildman–Crippen MR) is 88.3 cm³/mol. The van der Waals surface area contributed by atoms with Gasteiger partial charge < -0.3 is 9.47 Å². The molecule has 1 heterocycles. The van der Waals surface area contributed by atoms with Crippen LogP contribution in [0, 0.1) is 0 Å². The van der Waals surface area contributed by atoms with Crippen LogP contribution in [0.1, 0.15) is 27.2 Å². The molecule has 1 aromatic carbocycles. The van der Waals surface area contributed by atoms with Crippen molar-refractivity contribution in [3.63, 3.8) is 0 Å². The molecule has 6 nitrogen and oxygen atoms in total. The van der Waals surface area contributed by atoms with Crippen molar-refractivity contribution in [3.8, 4) is 5.75 Å². The van der Waals surface area contributed by atoms with Gasteiger partial charge in [0, 0.05) is 24.4 Å². The number of rotatable bonds is 5.